The molecule has 2 aliphatic heterocycles. The molecule has 0 radical (unpaired) electrons. The first-order valence-corrected chi connectivity index (χ1v) is 9.98. The van der Waals surface area contributed by atoms with E-state index in [0.29, 0.717) is 19.6 Å². The SMILES string of the molecule is CCOC(=O)c1cn2c(c(OCc3ccccc3)c1=O)C(=O)N[C@]1(C)CCOC[C@H]21. The van der Waals surface area contributed by atoms with Gasteiger partial charge in [0.1, 0.15) is 12.2 Å². The van der Waals surface area contributed by atoms with Gasteiger partial charge in [0.2, 0.25) is 5.43 Å². The topological polar surface area (TPSA) is 95.9 Å². The lowest BCUT2D eigenvalue weighted by molar-refractivity contribution is -0.00777. The number of nitrogens with zero attached hydrogens (tertiary/aromatic N) is 1. The minimum atomic E-state index is -0.744. The molecule has 0 aliphatic carbocycles. The Kier molecular flexibility index (Phi) is 5.34. The lowest BCUT2D eigenvalue weighted by Crippen LogP contribution is -2.61. The summed E-state index contributed by atoms with van der Waals surface area (Å²) in [5, 5.41) is 3.02. The average molecular weight is 412 g/mol. The number of amides is 1. The van der Waals surface area contributed by atoms with Crippen molar-refractivity contribution in [1.82, 2.24) is 9.88 Å². The van der Waals surface area contributed by atoms with E-state index >= 15 is 0 Å². The fourth-order valence-corrected chi connectivity index (χ4v) is 3.97. The molecule has 1 amide bonds. The molecule has 0 saturated carbocycles. The minimum absolute atomic E-state index is 0.0844. The van der Waals surface area contributed by atoms with Gasteiger partial charge in [-0.25, -0.2) is 4.79 Å². The predicted octanol–water partition coefficient (Wildman–Crippen LogP) is 2.07. The van der Waals surface area contributed by atoms with E-state index < -0.39 is 22.8 Å². The molecule has 0 spiro atoms. The first-order chi connectivity index (χ1) is 14.4. The summed E-state index contributed by atoms with van der Waals surface area (Å²) in [4.78, 5) is 38.6. The average Bonchev–Trinajstić information content (AvgIpc) is 2.73. The minimum Gasteiger partial charge on any atom is -0.483 e. The largest absolute Gasteiger partial charge is 0.483 e. The maximum Gasteiger partial charge on any atom is 0.343 e. The molecule has 2 aliphatic rings. The third-order valence-corrected chi connectivity index (χ3v) is 5.64. The molecule has 8 heteroatoms. The van der Waals surface area contributed by atoms with Crippen molar-refractivity contribution in [1.29, 1.82) is 0 Å². The highest BCUT2D eigenvalue weighted by atomic mass is 16.5. The van der Waals surface area contributed by atoms with Crippen LogP contribution in [0.15, 0.2) is 41.3 Å². The van der Waals surface area contributed by atoms with Crippen molar-refractivity contribution in [2.24, 2.45) is 0 Å². The van der Waals surface area contributed by atoms with Gasteiger partial charge < -0.3 is 24.1 Å². The number of fused-ring (bicyclic) bond motifs is 3. The molecule has 0 unspecified atom stereocenters. The molecule has 1 saturated heterocycles. The van der Waals surface area contributed by atoms with Crippen molar-refractivity contribution in [2.45, 2.75) is 38.5 Å². The molecule has 4 rings (SSSR count). The summed E-state index contributed by atoms with van der Waals surface area (Å²) < 4.78 is 18.2. The maximum absolute atomic E-state index is 13.1. The fourth-order valence-electron chi connectivity index (χ4n) is 3.97. The summed E-state index contributed by atoms with van der Waals surface area (Å²) in [5.41, 5.74) is -0.450. The molecular weight excluding hydrogens is 388 g/mol. The Hall–Kier alpha value is -3.13. The number of aromatic nitrogens is 1. The molecule has 3 heterocycles. The number of rotatable bonds is 5. The van der Waals surface area contributed by atoms with E-state index in [1.54, 1.807) is 11.5 Å². The smallest absolute Gasteiger partial charge is 0.343 e. The van der Waals surface area contributed by atoms with Crippen LogP contribution in [0.25, 0.3) is 0 Å². The third-order valence-electron chi connectivity index (χ3n) is 5.64. The lowest BCUT2D eigenvalue weighted by atomic mass is 9.84. The molecule has 2 atom stereocenters. The number of pyridine rings is 1. The van der Waals surface area contributed by atoms with Crippen LogP contribution in [0.4, 0.5) is 0 Å². The number of esters is 1. The van der Waals surface area contributed by atoms with Crippen LogP contribution in [-0.2, 0) is 16.1 Å². The second kappa shape index (κ2) is 7.95. The Morgan fingerprint density at radius 3 is 2.80 bits per heavy atom. The highest BCUT2D eigenvalue weighted by molar-refractivity contribution is 5.98. The standard InChI is InChI=1S/C22H24N2O6/c1-3-29-21(27)15-11-24-16-13-28-10-9-22(16,2)23-20(26)17(24)19(18(15)25)30-12-14-7-5-4-6-8-14/h4-8,11,16H,3,9-10,12-13H2,1-2H3,(H,23,26)/t16-,22+/m0/s1. The van der Waals surface area contributed by atoms with Crippen molar-refractivity contribution >= 4 is 11.9 Å². The van der Waals surface area contributed by atoms with Crippen LogP contribution in [0.2, 0.25) is 0 Å². The highest BCUT2D eigenvalue weighted by Gasteiger charge is 2.46. The van der Waals surface area contributed by atoms with E-state index in [2.05, 4.69) is 5.32 Å². The zero-order chi connectivity index (χ0) is 21.3. The van der Waals surface area contributed by atoms with Gasteiger partial charge in [0, 0.05) is 12.8 Å². The van der Waals surface area contributed by atoms with Crippen molar-refractivity contribution < 1.29 is 23.8 Å². The third kappa shape index (κ3) is 3.47. The monoisotopic (exact) mass is 412 g/mol. The molecule has 1 N–H and O–H groups in total. The molecule has 8 nitrogen and oxygen atoms in total. The van der Waals surface area contributed by atoms with Crippen molar-refractivity contribution in [3.05, 3.63) is 63.6 Å². The molecule has 1 aromatic heterocycles. The van der Waals surface area contributed by atoms with Crippen molar-refractivity contribution in [2.75, 3.05) is 19.8 Å². The van der Waals surface area contributed by atoms with E-state index in [1.807, 2.05) is 37.3 Å². The van der Waals surface area contributed by atoms with Crippen LogP contribution in [0.5, 0.6) is 5.75 Å². The number of carbonyl (C=O) groups excluding carboxylic acids is 2. The van der Waals surface area contributed by atoms with E-state index in [0.717, 1.165) is 5.56 Å². The zero-order valence-electron chi connectivity index (χ0n) is 17.0. The molecule has 30 heavy (non-hydrogen) atoms. The Morgan fingerprint density at radius 2 is 2.07 bits per heavy atom. The van der Waals surface area contributed by atoms with Crippen molar-refractivity contribution in [3.63, 3.8) is 0 Å². The van der Waals surface area contributed by atoms with Gasteiger partial charge in [-0.15, -0.1) is 0 Å². The molecule has 0 bridgehead atoms. The Morgan fingerprint density at radius 1 is 1.30 bits per heavy atom. The second-order valence-electron chi connectivity index (χ2n) is 7.66. The van der Waals surface area contributed by atoms with E-state index in [4.69, 9.17) is 14.2 Å². The first-order valence-electron chi connectivity index (χ1n) is 9.98. The second-order valence-corrected chi connectivity index (χ2v) is 7.66. The van der Waals surface area contributed by atoms with Gasteiger partial charge in [-0.2, -0.15) is 0 Å². The van der Waals surface area contributed by atoms with Gasteiger partial charge in [0.25, 0.3) is 5.91 Å². The van der Waals surface area contributed by atoms with Gasteiger partial charge in [-0.3, -0.25) is 9.59 Å². The van der Waals surface area contributed by atoms with Crippen LogP contribution < -0.4 is 15.5 Å². The molecule has 158 valence electrons. The van der Waals surface area contributed by atoms with Gasteiger partial charge in [0.05, 0.1) is 24.8 Å². The van der Waals surface area contributed by atoms with Crippen LogP contribution in [-0.4, -0.2) is 41.8 Å². The summed E-state index contributed by atoms with van der Waals surface area (Å²) >= 11 is 0. The highest BCUT2D eigenvalue weighted by Crippen LogP contribution is 2.37. The normalized spacial score (nSPS) is 22.5. The van der Waals surface area contributed by atoms with Crippen molar-refractivity contribution in [3.8, 4) is 5.75 Å². The predicted molar refractivity (Wildman–Crippen MR) is 108 cm³/mol. The summed E-state index contributed by atoms with van der Waals surface area (Å²) in [6, 6.07) is 9.00. The summed E-state index contributed by atoms with van der Waals surface area (Å²) in [7, 11) is 0. The van der Waals surface area contributed by atoms with Crippen LogP contribution in [0.1, 0.15) is 52.7 Å². The summed E-state index contributed by atoms with van der Waals surface area (Å²) in [5.74, 6) is -1.31. The molecule has 2 aromatic rings. The molecular formula is C22H24N2O6. The number of benzene rings is 1. The number of hydrogen-bond donors (Lipinski definition) is 1. The van der Waals surface area contributed by atoms with Gasteiger partial charge in [-0.1, -0.05) is 30.3 Å². The quantitative estimate of drug-likeness (QED) is 0.756. The Balaban J connectivity index is 1.84. The first kappa shape index (κ1) is 20.2. The van der Waals surface area contributed by atoms with E-state index in [1.165, 1.54) is 6.20 Å². The molecule has 1 aromatic carbocycles. The Bertz CT molecular complexity index is 1030. The van der Waals surface area contributed by atoms with Crippen LogP contribution >= 0.6 is 0 Å². The number of ether oxygens (including phenoxy) is 3. The van der Waals surface area contributed by atoms with Crippen LogP contribution in [0.3, 0.4) is 0 Å². The maximum atomic E-state index is 13.1. The van der Waals surface area contributed by atoms with E-state index in [-0.39, 0.29) is 36.3 Å². The number of hydrogen-bond acceptors (Lipinski definition) is 6. The number of carbonyl (C=O) groups is 2. The number of nitrogens with one attached hydrogen (secondary N) is 1. The summed E-state index contributed by atoms with van der Waals surface area (Å²) in [6.07, 6.45) is 2.02. The van der Waals surface area contributed by atoms with E-state index in [9.17, 15) is 14.4 Å². The van der Waals surface area contributed by atoms with Gasteiger partial charge >= 0.3 is 5.97 Å². The fraction of sp³-hybridized carbons (Fsp3) is 0.409. The van der Waals surface area contributed by atoms with Gasteiger partial charge in [0.15, 0.2) is 11.4 Å². The molecule has 1 fully saturated rings. The zero-order valence-corrected chi connectivity index (χ0v) is 17.0. The Labute approximate surface area is 173 Å². The van der Waals surface area contributed by atoms with Gasteiger partial charge in [-0.05, 0) is 25.8 Å². The lowest BCUT2D eigenvalue weighted by Gasteiger charge is -2.47. The summed E-state index contributed by atoms with van der Waals surface area (Å²) in [6.45, 7) is 4.68. The van der Waals surface area contributed by atoms with Crippen LogP contribution in [0, 0.1) is 0 Å².